The van der Waals surface area contributed by atoms with Crippen molar-refractivity contribution in [3.8, 4) is 11.5 Å². The van der Waals surface area contributed by atoms with Crippen LogP contribution >= 0.6 is 11.6 Å². The van der Waals surface area contributed by atoms with Crippen molar-refractivity contribution in [2.75, 3.05) is 0 Å². The number of carboxylic acids is 1. The molecule has 16 heavy (non-hydrogen) atoms. The molecule has 2 aromatic rings. The van der Waals surface area contributed by atoms with Crippen molar-refractivity contribution in [2.45, 2.75) is 5.88 Å². The van der Waals surface area contributed by atoms with Crippen LogP contribution in [0.1, 0.15) is 16.2 Å². The molecule has 82 valence electrons. The summed E-state index contributed by atoms with van der Waals surface area (Å²) in [6.45, 7) is 0. The van der Waals surface area contributed by atoms with Gasteiger partial charge in [0.2, 0.25) is 5.89 Å². The number of hydrogen-bond donors (Lipinski definition) is 1. The summed E-state index contributed by atoms with van der Waals surface area (Å²) in [5, 5.41) is 8.88. The van der Waals surface area contributed by atoms with Crippen LogP contribution in [-0.4, -0.2) is 16.1 Å². The van der Waals surface area contributed by atoms with Crippen LogP contribution in [-0.2, 0) is 5.88 Å². The molecule has 1 aromatic heterocycles. The van der Waals surface area contributed by atoms with Crippen LogP contribution in [0.25, 0.3) is 11.5 Å². The smallest absolute Gasteiger partial charge is 0.358 e. The van der Waals surface area contributed by atoms with E-state index >= 15 is 0 Å². The number of rotatable bonds is 3. The van der Waals surface area contributed by atoms with E-state index in [1.165, 1.54) is 0 Å². The molecule has 0 amide bonds. The molecular weight excluding hydrogens is 230 g/mol. The first-order valence-corrected chi connectivity index (χ1v) is 5.10. The van der Waals surface area contributed by atoms with E-state index in [2.05, 4.69) is 4.98 Å². The fraction of sp³-hybridized carbons (Fsp3) is 0.0909. The normalized spacial score (nSPS) is 10.3. The van der Waals surface area contributed by atoms with Gasteiger partial charge in [0.1, 0.15) is 0 Å². The van der Waals surface area contributed by atoms with Crippen molar-refractivity contribution in [2.24, 2.45) is 0 Å². The van der Waals surface area contributed by atoms with Gasteiger partial charge in [-0.2, -0.15) is 0 Å². The molecule has 0 spiro atoms. The minimum atomic E-state index is -1.14. The summed E-state index contributed by atoms with van der Waals surface area (Å²) in [6.07, 6.45) is 0. The number of hydrogen-bond acceptors (Lipinski definition) is 3. The fourth-order valence-corrected chi connectivity index (χ4v) is 1.49. The second kappa shape index (κ2) is 4.37. The average molecular weight is 238 g/mol. The summed E-state index contributed by atoms with van der Waals surface area (Å²) < 4.78 is 5.29. The van der Waals surface area contributed by atoms with Crippen LogP contribution in [0.3, 0.4) is 0 Å². The number of carboxylic acid groups (broad SMARTS) is 1. The van der Waals surface area contributed by atoms with E-state index in [0.29, 0.717) is 0 Å². The molecule has 0 aliphatic heterocycles. The topological polar surface area (TPSA) is 63.3 Å². The number of benzene rings is 1. The van der Waals surface area contributed by atoms with Gasteiger partial charge in [-0.1, -0.05) is 18.2 Å². The maximum absolute atomic E-state index is 10.8. The fourth-order valence-electron chi connectivity index (χ4n) is 1.31. The standard InChI is InChI=1S/C11H8ClNO3/c12-6-8-9(11(14)15)13-10(16-8)7-4-2-1-3-5-7/h1-5H,6H2,(H,14,15). The first kappa shape index (κ1) is 10.7. The van der Waals surface area contributed by atoms with Gasteiger partial charge in [0, 0.05) is 5.56 Å². The van der Waals surface area contributed by atoms with Crippen LogP contribution in [0, 0.1) is 0 Å². The first-order chi connectivity index (χ1) is 7.72. The quantitative estimate of drug-likeness (QED) is 0.834. The highest BCUT2D eigenvalue weighted by Crippen LogP contribution is 2.22. The van der Waals surface area contributed by atoms with Crippen LogP contribution in [0.5, 0.6) is 0 Å². The highest BCUT2D eigenvalue weighted by molar-refractivity contribution is 6.17. The number of aromatic carboxylic acids is 1. The molecule has 4 nitrogen and oxygen atoms in total. The molecule has 0 saturated heterocycles. The van der Waals surface area contributed by atoms with E-state index in [-0.39, 0.29) is 23.2 Å². The lowest BCUT2D eigenvalue weighted by atomic mass is 10.2. The van der Waals surface area contributed by atoms with Crippen molar-refractivity contribution in [1.82, 2.24) is 4.98 Å². The molecule has 0 bridgehead atoms. The third-order valence-electron chi connectivity index (χ3n) is 2.04. The second-order valence-electron chi connectivity index (χ2n) is 3.10. The maximum Gasteiger partial charge on any atom is 0.358 e. The van der Waals surface area contributed by atoms with Gasteiger partial charge in [-0.05, 0) is 12.1 Å². The average Bonchev–Trinajstić information content (AvgIpc) is 2.74. The van der Waals surface area contributed by atoms with Gasteiger partial charge in [0.05, 0.1) is 5.88 Å². The Balaban J connectivity index is 2.48. The Morgan fingerprint density at radius 3 is 2.56 bits per heavy atom. The highest BCUT2D eigenvalue weighted by atomic mass is 35.5. The molecule has 0 unspecified atom stereocenters. The van der Waals surface area contributed by atoms with E-state index in [4.69, 9.17) is 21.1 Å². The second-order valence-corrected chi connectivity index (χ2v) is 3.36. The zero-order valence-electron chi connectivity index (χ0n) is 8.18. The lowest BCUT2D eigenvalue weighted by Crippen LogP contribution is -1.99. The van der Waals surface area contributed by atoms with E-state index < -0.39 is 5.97 Å². The molecule has 0 saturated carbocycles. The van der Waals surface area contributed by atoms with Crippen molar-refractivity contribution < 1.29 is 14.3 Å². The highest BCUT2D eigenvalue weighted by Gasteiger charge is 2.19. The van der Waals surface area contributed by atoms with Crippen molar-refractivity contribution in [3.05, 3.63) is 41.8 Å². The largest absolute Gasteiger partial charge is 0.476 e. The number of halogens is 1. The number of alkyl halides is 1. The van der Waals surface area contributed by atoms with Crippen molar-refractivity contribution in [3.63, 3.8) is 0 Å². The Morgan fingerprint density at radius 1 is 1.38 bits per heavy atom. The van der Waals surface area contributed by atoms with Crippen LogP contribution < -0.4 is 0 Å². The predicted octanol–water partition coefficient (Wildman–Crippen LogP) is 2.78. The predicted molar refractivity (Wildman–Crippen MR) is 58.5 cm³/mol. The third-order valence-corrected chi connectivity index (χ3v) is 2.28. The Labute approximate surface area is 96.5 Å². The van der Waals surface area contributed by atoms with Gasteiger partial charge < -0.3 is 9.52 Å². The lowest BCUT2D eigenvalue weighted by Gasteiger charge is -1.92. The summed E-state index contributed by atoms with van der Waals surface area (Å²) in [6, 6.07) is 9.07. The van der Waals surface area contributed by atoms with E-state index in [1.807, 2.05) is 18.2 Å². The zero-order chi connectivity index (χ0) is 11.5. The number of nitrogens with zero attached hydrogens (tertiary/aromatic N) is 1. The molecule has 0 fully saturated rings. The maximum atomic E-state index is 10.8. The summed E-state index contributed by atoms with van der Waals surface area (Å²) in [4.78, 5) is 14.7. The van der Waals surface area contributed by atoms with Gasteiger partial charge in [-0.25, -0.2) is 9.78 Å². The lowest BCUT2D eigenvalue weighted by molar-refractivity contribution is 0.0689. The molecule has 1 aromatic carbocycles. The minimum Gasteiger partial charge on any atom is -0.476 e. The monoisotopic (exact) mass is 237 g/mol. The summed E-state index contributed by atoms with van der Waals surface area (Å²) in [5.74, 6) is -0.704. The molecule has 1 N–H and O–H groups in total. The third kappa shape index (κ3) is 1.92. The SMILES string of the molecule is O=C(O)c1nc(-c2ccccc2)oc1CCl. The first-order valence-electron chi connectivity index (χ1n) is 4.56. The molecular formula is C11H8ClNO3. The van der Waals surface area contributed by atoms with Crippen LogP contribution in [0.2, 0.25) is 0 Å². The summed E-state index contributed by atoms with van der Waals surface area (Å²) in [5.41, 5.74) is 0.593. The van der Waals surface area contributed by atoms with Crippen molar-refractivity contribution >= 4 is 17.6 Å². The Kier molecular flexibility index (Phi) is 2.92. The molecule has 5 heteroatoms. The van der Waals surface area contributed by atoms with E-state index in [0.717, 1.165) is 5.56 Å². The Morgan fingerprint density at radius 2 is 2.06 bits per heavy atom. The molecule has 0 aliphatic rings. The molecule has 0 radical (unpaired) electrons. The Hall–Kier alpha value is -1.81. The molecule has 2 rings (SSSR count). The molecule has 0 atom stereocenters. The van der Waals surface area contributed by atoms with Gasteiger partial charge in [0.25, 0.3) is 0 Å². The van der Waals surface area contributed by atoms with Crippen molar-refractivity contribution in [1.29, 1.82) is 0 Å². The summed E-state index contributed by atoms with van der Waals surface area (Å²) >= 11 is 5.58. The minimum absolute atomic E-state index is 0.0124. The number of oxazole rings is 1. The summed E-state index contributed by atoms with van der Waals surface area (Å²) in [7, 11) is 0. The van der Waals surface area contributed by atoms with Gasteiger partial charge in [0.15, 0.2) is 11.5 Å². The molecule has 1 heterocycles. The number of aromatic nitrogens is 1. The van der Waals surface area contributed by atoms with Crippen LogP contribution in [0.15, 0.2) is 34.7 Å². The van der Waals surface area contributed by atoms with E-state index in [9.17, 15) is 4.79 Å². The molecule has 0 aliphatic carbocycles. The number of carbonyl (C=O) groups is 1. The van der Waals surface area contributed by atoms with Crippen LogP contribution in [0.4, 0.5) is 0 Å². The Bertz CT molecular complexity index is 507. The van der Waals surface area contributed by atoms with Gasteiger partial charge in [-0.3, -0.25) is 0 Å². The van der Waals surface area contributed by atoms with Gasteiger partial charge in [-0.15, -0.1) is 11.6 Å². The van der Waals surface area contributed by atoms with Gasteiger partial charge >= 0.3 is 5.97 Å². The zero-order valence-corrected chi connectivity index (χ0v) is 8.94. The van der Waals surface area contributed by atoms with E-state index in [1.54, 1.807) is 12.1 Å².